The monoisotopic (exact) mass is 287 g/mol. The number of rotatable bonds is 4. The lowest BCUT2D eigenvalue weighted by Crippen LogP contribution is -1.99. The average Bonchev–Trinajstić information content (AvgIpc) is 2.96. The number of thiophene rings is 1. The summed E-state index contributed by atoms with van der Waals surface area (Å²) < 4.78 is 5.87. The predicted molar refractivity (Wildman–Crippen MR) is 79.4 cm³/mol. The van der Waals surface area contributed by atoms with Crippen molar-refractivity contribution in [3.05, 3.63) is 41.3 Å². The fraction of sp³-hybridized carbons (Fsp3) is 0.143. The Morgan fingerprint density at radius 1 is 1.25 bits per heavy atom. The number of hydrogen-bond donors (Lipinski definition) is 2. The van der Waals surface area contributed by atoms with Gasteiger partial charge in [-0.3, -0.25) is 0 Å². The Morgan fingerprint density at radius 3 is 2.90 bits per heavy atom. The van der Waals surface area contributed by atoms with Gasteiger partial charge < -0.3 is 15.2 Å². The zero-order valence-corrected chi connectivity index (χ0v) is 11.6. The zero-order chi connectivity index (χ0) is 13.9. The van der Waals surface area contributed by atoms with Gasteiger partial charge in [-0.25, -0.2) is 4.98 Å². The van der Waals surface area contributed by atoms with E-state index in [1.54, 1.807) is 7.05 Å². The first kappa shape index (κ1) is 12.8. The van der Waals surface area contributed by atoms with E-state index in [2.05, 4.69) is 15.3 Å². The second-order valence-electron chi connectivity index (χ2n) is 4.11. The Bertz CT molecular complexity index is 742. The van der Waals surface area contributed by atoms with E-state index in [-0.39, 0.29) is 6.61 Å². The molecule has 0 unspecified atom stereocenters. The normalized spacial score (nSPS) is 10.7. The van der Waals surface area contributed by atoms with Gasteiger partial charge in [0.05, 0.1) is 12.0 Å². The van der Waals surface area contributed by atoms with Crippen LogP contribution in [0.25, 0.3) is 10.2 Å². The molecule has 6 heteroatoms. The minimum atomic E-state index is -0.0765. The lowest BCUT2D eigenvalue weighted by molar-refractivity contribution is 0.276. The fourth-order valence-corrected chi connectivity index (χ4v) is 2.61. The number of ether oxygens (including phenoxy) is 1. The molecule has 0 saturated heterocycles. The molecule has 0 atom stereocenters. The number of anilines is 1. The molecule has 0 aliphatic heterocycles. The van der Waals surface area contributed by atoms with Gasteiger partial charge in [0.1, 0.15) is 10.6 Å². The molecule has 0 radical (unpaired) electrons. The van der Waals surface area contributed by atoms with Crippen LogP contribution in [-0.4, -0.2) is 22.1 Å². The van der Waals surface area contributed by atoms with Gasteiger partial charge in [-0.1, -0.05) is 18.2 Å². The molecule has 0 saturated carbocycles. The highest BCUT2D eigenvalue weighted by Gasteiger charge is 2.12. The van der Waals surface area contributed by atoms with E-state index >= 15 is 0 Å². The molecular formula is C14H13N3O2S. The summed E-state index contributed by atoms with van der Waals surface area (Å²) in [5, 5.41) is 15.1. The average molecular weight is 287 g/mol. The third-order valence-corrected chi connectivity index (χ3v) is 3.67. The second-order valence-corrected chi connectivity index (χ2v) is 5.00. The lowest BCUT2D eigenvalue weighted by Gasteiger charge is -2.10. The first-order valence-electron chi connectivity index (χ1n) is 6.11. The van der Waals surface area contributed by atoms with Crippen LogP contribution >= 0.6 is 11.3 Å². The second kappa shape index (κ2) is 5.44. The maximum Gasteiger partial charge on any atom is 0.232 e. The third-order valence-electron chi connectivity index (χ3n) is 2.86. The number of para-hydroxylation sites is 1. The summed E-state index contributed by atoms with van der Waals surface area (Å²) in [6, 6.07) is 9.28. The molecule has 3 aromatic rings. The smallest absolute Gasteiger partial charge is 0.232 e. The molecule has 0 fully saturated rings. The Morgan fingerprint density at radius 2 is 2.10 bits per heavy atom. The van der Waals surface area contributed by atoms with Crippen LogP contribution in [0.2, 0.25) is 0 Å². The molecule has 2 heterocycles. The number of hydrogen-bond acceptors (Lipinski definition) is 6. The maximum absolute atomic E-state index is 9.35. The van der Waals surface area contributed by atoms with E-state index in [0.717, 1.165) is 15.8 Å². The van der Waals surface area contributed by atoms with Crippen LogP contribution in [0.5, 0.6) is 11.6 Å². The standard InChI is InChI=1S/C14H13N3O2S/c1-15-14-16-12(10-6-7-20-13(10)17-14)19-11-5-3-2-4-9(11)8-18/h2-7,18H,8H2,1H3,(H,15,16,17). The first-order chi connectivity index (χ1) is 9.81. The topological polar surface area (TPSA) is 67.3 Å². The lowest BCUT2D eigenvalue weighted by atomic mass is 10.2. The van der Waals surface area contributed by atoms with Gasteiger partial charge in [0, 0.05) is 12.6 Å². The highest BCUT2D eigenvalue weighted by atomic mass is 32.1. The van der Waals surface area contributed by atoms with E-state index in [0.29, 0.717) is 17.6 Å². The fourth-order valence-electron chi connectivity index (χ4n) is 1.86. The van der Waals surface area contributed by atoms with Gasteiger partial charge >= 0.3 is 0 Å². The van der Waals surface area contributed by atoms with Gasteiger partial charge in [0.2, 0.25) is 11.8 Å². The van der Waals surface area contributed by atoms with Gasteiger partial charge in [-0.2, -0.15) is 4.98 Å². The minimum Gasteiger partial charge on any atom is -0.438 e. The van der Waals surface area contributed by atoms with Crippen molar-refractivity contribution in [1.82, 2.24) is 9.97 Å². The zero-order valence-electron chi connectivity index (χ0n) is 10.8. The van der Waals surface area contributed by atoms with E-state index in [1.807, 2.05) is 35.7 Å². The van der Waals surface area contributed by atoms with Crippen LogP contribution < -0.4 is 10.1 Å². The number of aliphatic hydroxyl groups is 1. The number of fused-ring (bicyclic) bond motifs is 1. The summed E-state index contributed by atoms with van der Waals surface area (Å²) in [6.07, 6.45) is 0. The van der Waals surface area contributed by atoms with Gasteiger partial charge in [-0.15, -0.1) is 11.3 Å². The molecule has 1 aromatic carbocycles. The van der Waals surface area contributed by atoms with Crippen LogP contribution in [0.15, 0.2) is 35.7 Å². The van der Waals surface area contributed by atoms with Crippen molar-refractivity contribution in [1.29, 1.82) is 0 Å². The van der Waals surface area contributed by atoms with Gasteiger partial charge in [-0.05, 0) is 17.5 Å². The van der Waals surface area contributed by atoms with E-state index in [1.165, 1.54) is 11.3 Å². The molecule has 0 aliphatic carbocycles. The summed E-state index contributed by atoms with van der Waals surface area (Å²) in [6.45, 7) is -0.0765. The largest absolute Gasteiger partial charge is 0.438 e. The summed E-state index contributed by atoms with van der Waals surface area (Å²) in [7, 11) is 1.76. The molecule has 3 rings (SSSR count). The quantitative estimate of drug-likeness (QED) is 0.772. The molecule has 0 aliphatic rings. The minimum absolute atomic E-state index is 0.0765. The van der Waals surface area contributed by atoms with Crippen LogP contribution in [0.1, 0.15) is 5.56 Å². The molecular weight excluding hydrogens is 274 g/mol. The van der Waals surface area contributed by atoms with Gasteiger partial charge in [0.15, 0.2) is 0 Å². The number of benzene rings is 1. The Labute approximate surface area is 119 Å². The summed E-state index contributed by atoms with van der Waals surface area (Å²) in [5.74, 6) is 1.60. The van der Waals surface area contributed by atoms with Gasteiger partial charge in [0.25, 0.3) is 0 Å². The number of aromatic nitrogens is 2. The van der Waals surface area contributed by atoms with Crippen LogP contribution in [0, 0.1) is 0 Å². The SMILES string of the molecule is CNc1nc(Oc2ccccc2CO)c2ccsc2n1. The van der Waals surface area contributed by atoms with Crippen LogP contribution in [0.3, 0.4) is 0 Å². The Hall–Kier alpha value is -2.18. The molecule has 5 nitrogen and oxygen atoms in total. The molecule has 2 aromatic heterocycles. The van der Waals surface area contributed by atoms with Crippen LogP contribution in [-0.2, 0) is 6.61 Å². The third kappa shape index (κ3) is 2.31. The molecule has 20 heavy (non-hydrogen) atoms. The van der Waals surface area contributed by atoms with Crippen molar-refractivity contribution in [3.8, 4) is 11.6 Å². The highest BCUT2D eigenvalue weighted by Crippen LogP contribution is 2.32. The number of aliphatic hydroxyl groups excluding tert-OH is 1. The van der Waals surface area contributed by atoms with Crippen molar-refractivity contribution in [2.75, 3.05) is 12.4 Å². The maximum atomic E-state index is 9.35. The number of nitrogens with zero attached hydrogens (tertiary/aromatic N) is 2. The van der Waals surface area contributed by atoms with Crippen molar-refractivity contribution >= 4 is 27.5 Å². The predicted octanol–water partition coefficient (Wildman–Crippen LogP) is 3.02. The number of nitrogens with one attached hydrogen (secondary N) is 1. The Kier molecular flexibility index (Phi) is 3.49. The van der Waals surface area contributed by atoms with E-state index in [9.17, 15) is 5.11 Å². The van der Waals surface area contributed by atoms with Crippen molar-refractivity contribution in [3.63, 3.8) is 0 Å². The summed E-state index contributed by atoms with van der Waals surface area (Å²) in [5.41, 5.74) is 0.723. The summed E-state index contributed by atoms with van der Waals surface area (Å²) >= 11 is 1.53. The summed E-state index contributed by atoms with van der Waals surface area (Å²) in [4.78, 5) is 9.57. The molecule has 102 valence electrons. The first-order valence-corrected chi connectivity index (χ1v) is 6.99. The molecule has 0 bridgehead atoms. The Balaban J connectivity index is 2.07. The highest BCUT2D eigenvalue weighted by molar-refractivity contribution is 7.16. The van der Waals surface area contributed by atoms with Crippen molar-refractivity contribution < 1.29 is 9.84 Å². The molecule has 0 amide bonds. The van der Waals surface area contributed by atoms with Crippen molar-refractivity contribution in [2.45, 2.75) is 6.61 Å². The van der Waals surface area contributed by atoms with Crippen molar-refractivity contribution in [2.24, 2.45) is 0 Å². The molecule has 2 N–H and O–H groups in total. The van der Waals surface area contributed by atoms with Crippen LogP contribution in [0.4, 0.5) is 5.95 Å². The molecule has 0 spiro atoms. The van der Waals surface area contributed by atoms with E-state index < -0.39 is 0 Å². The van der Waals surface area contributed by atoms with E-state index in [4.69, 9.17) is 4.74 Å².